The molecule has 0 saturated carbocycles. The first-order chi connectivity index (χ1) is 21.4. The quantitative estimate of drug-likeness (QED) is 0.278. The van der Waals surface area contributed by atoms with Crippen molar-refractivity contribution in [2.45, 2.75) is 85.5 Å². The molecule has 8 bridgehead atoms. The third-order valence-corrected chi connectivity index (χ3v) is 9.71. The lowest BCUT2D eigenvalue weighted by atomic mass is 9.82. The Hall–Kier alpha value is -4.71. The average Bonchev–Trinajstić information content (AvgIpc) is 3.69. The zero-order valence-corrected chi connectivity index (χ0v) is 27.6. The summed E-state index contributed by atoms with van der Waals surface area (Å²) < 4.78 is 10.2. The number of fused-ring (bicyclic) bond motifs is 8. The zero-order valence-electron chi connectivity index (χ0n) is 27.6. The van der Waals surface area contributed by atoms with Crippen molar-refractivity contribution in [2.75, 3.05) is 14.2 Å². The van der Waals surface area contributed by atoms with E-state index in [4.69, 9.17) is 19.4 Å². The summed E-state index contributed by atoms with van der Waals surface area (Å²) in [5, 5.41) is 10.2. The highest BCUT2D eigenvalue weighted by Crippen LogP contribution is 2.45. The van der Waals surface area contributed by atoms with Crippen LogP contribution >= 0.6 is 0 Å². The number of nitriles is 1. The largest absolute Gasteiger partial charge is 0.469 e. The van der Waals surface area contributed by atoms with Gasteiger partial charge < -0.3 is 19.4 Å². The molecule has 2 aliphatic heterocycles. The third kappa shape index (κ3) is 5.43. The predicted molar refractivity (Wildman–Crippen MR) is 176 cm³/mol. The number of allylic oxidation sites excluding steroid dienone is 2. The number of carbonyl (C=O) groups is 2. The number of nitrogens with one attached hydrogen (secondary N) is 2. The molecule has 0 radical (unpaired) electrons. The van der Waals surface area contributed by atoms with Gasteiger partial charge in [-0.05, 0) is 93.5 Å². The number of aryl methyl sites for hydroxylation is 3. The number of nitrogens with zero attached hydrogens (tertiary/aromatic N) is 3. The molecule has 5 rings (SSSR count). The Bertz CT molecular complexity index is 1960. The molecule has 9 nitrogen and oxygen atoms in total. The second-order valence-electron chi connectivity index (χ2n) is 12.1. The summed E-state index contributed by atoms with van der Waals surface area (Å²) in [6, 6.07) is 8.45. The molecule has 0 fully saturated rings. The number of hydrogen-bond donors (Lipinski definition) is 2. The highest BCUT2D eigenvalue weighted by molar-refractivity contribution is 5.94. The molecule has 2 N–H and O–H groups in total. The third-order valence-electron chi connectivity index (χ3n) is 9.71. The van der Waals surface area contributed by atoms with Crippen LogP contribution in [-0.2, 0) is 25.5 Å². The summed E-state index contributed by atoms with van der Waals surface area (Å²) in [5.41, 5.74) is 12.8. The zero-order chi connectivity index (χ0) is 32.7. The smallest absolute Gasteiger partial charge is 0.313 e. The van der Waals surface area contributed by atoms with Gasteiger partial charge in [0.25, 0.3) is 0 Å². The van der Waals surface area contributed by atoms with E-state index in [0.717, 1.165) is 67.8 Å². The predicted octanol–water partition coefficient (Wildman–Crippen LogP) is 7.43. The van der Waals surface area contributed by atoms with E-state index in [1.54, 1.807) is 0 Å². The van der Waals surface area contributed by atoms with Gasteiger partial charge in [-0.15, -0.1) is 0 Å². The number of carbonyl (C=O) groups excluding carboxylic acids is 2. The maximum atomic E-state index is 13.2. The van der Waals surface area contributed by atoms with E-state index >= 15 is 0 Å². The van der Waals surface area contributed by atoms with Crippen molar-refractivity contribution < 1.29 is 19.1 Å². The number of aromatic amines is 2. The van der Waals surface area contributed by atoms with Crippen LogP contribution in [0.1, 0.15) is 116 Å². The molecule has 0 aromatic carbocycles. The number of H-pyrrole nitrogens is 2. The van der Waals surface area contributed by atoms with Crippen LogP contribution in [0.15, 0.2) is 18.2 Å². The number of esters is 2. The van der Waals surface area contributed by atoms with Crippen LogP contribution in [0.2, 0.25) is 0 Å². The van der Waals surface area contributed by atoms with E-state index in [1.807, 2.05) is 39.8 Å². The molecular formula is C36H41N5O4. The SMILES string of the molecule is CCc1c(C)c2cc3[nH]c(cc4nc(c(C(C)C(=O)OC)c5nc(cc1[nH]2)C(C)=C5C)C(CCC(=O)OC)C4C)c(C)c3C#N. The van der Waals surface area contributed by atoms with Gasteiger partial charge in [-0.2, -0.15) is 5.26 Å². The standard InChI is InChI=1S/C36H41N5O4/c1-10-23-19(4)28-15-31-25(16-37)21(6)27(39-31)13-29-20(5)24(11-12-32(42)44-8)35(41-29)33(22(7)36(43)45-9)34-18(3)17(2)26(40-34)14-30(23)38-28/h13-15,20,22,24,38-39H,10-12H2,1-9H3. The Morgan fingerprint density at radius 2 is 1.64 bits per heavy atom. The molecule has 3 aromatic heterocycles. The van der Waals surface area contributed by atoms with Crippen LogP contribution in [0.4, 0.5) is 0 Å². The van der Waals surface area contributed by atoms with Gasteiger partial charge in [-0.1, -0.05) is 13.8 Å². The summed E-state index contributed by atoms with van der Waals surface area (Å²) >= 11 is 0. The van der Waals surface area contributed by atoms with Crippen molar-refractivity contribution in [1.29, 1.82) is 5.26 Å². The van der Waals surface area contributed by atoms with Crippen LogP contribution in [0.25, 0.3) is 33.2 Å². The van der Waals surface area contributed by atoms with Crippen molar-refractivity contribution >= 4 is 45.2 Å². The van der Waals surface area contributed by atoms with E-state index in [1.165, 1.54) is 19.8 Å². The molecule has 3 unspecified atom stereocenters. The molecule has 0 aliphatic carbocycles. The number of ether oxygens (including phenoxy) is 2. The molecule has 3 aromatic rings. The molecule has 45 heavy (non-hydrogen) atoms. The fourth-order valence-electron chi connectivity index (χ4n) is 6.72. The molecule has 0 spiro atoms. The first kappa shape index (κ1) is 31.7. The van der Waals surface area contributed by atoms with E-state index in [-0.39, 0.29) is 30.2 Å². The van der Waals surface area contributed by atoms with Gasteiger partial charge in [0, 0.05) is 46.1 Å². The van der Waals surface area contributed by atoms with Crippen molar-refractivity contribution in [3.05, 3.63) is 68.8 Å². The van der Waals surface area contributed by atoms with E-state index < -0.39 is 5.92 Å². The summed E-state index contributed by atoms with van der Waals surface area (Å²) in [5.74, 6) is -1.63. The lowest BCUT2D eigenvalue weighted by Crippen LogP contribution is -2.17. The first-order valence-electron chi connectivity index (χ1n) is 15.4. The number of methoxy groups -OCH3 is 2. The fraction of sp³-hybridized carbons (Fsp3) is 0.417. The van der Waals surface area contributed by atoms with Crippen molar-refractivity contribution in [3.8, 4) is 6.07 Å². The van der Waals surface area contributed by atoms with Crippen molar-refractivity contribution in [2.24, 2.45) is 0 Å². The first-order valence-corrected chi connectivity index (χ1v) is 15.4. The summed E-state index contributed by atoms with van der Waals surface area (Å²) in [4.78, 5) is 43.0. The second kappa shape index (κ2) is 12.4. The van der Waals surface area contributed by atoms with Crippen LogP contribution in [-0.4, -0.2) is 46.1 Å². The minimum absolute atomic E-state index is 0.0943. The second-order valence-corrected chi connectivity index (χ2v) is 12.1. The van der Waals surface area contributed by atoms with Crippen molar-refractivity contribution in [3.63, 3.8) is 0 Å². The van der Waals surface area contributed by atoms with Crippen LogP contribution in [0.5, 0.6) is 0 Å². The van der Waals surface area contributed by atoms with Gasteiger partial charge in [0.2, 0.25) is 0 Å². The maximum Gasteiger partial charge on any atom is 0.313 e. The lowest BCUT2D eigenvalue weighted by Gasteiger charge is -2.20. The highest BCUT2D eigenvalue weighted by Gasteiger charge is 2.36. The Labute approximate surface area is 263 Å². The Morgan fingerprint density at radius 3 is 2.29 bits per heavy atom. The van der Waals surface area contributed by atoms with Gasteiger partial charge in [0.05, 0.1) is 48.3 Å². The molecule has 0 saturated heterocycles. The van der Waals surface area contributed by atoms with Crippen molar-refractivity contribution in [1.82, 2.24) is 19.9 Å². The summed E-state index contributed by atoms with van der Waals surface area (Å²) in [6.07, 6.45) is 1.50. The average molecular weight is 608 g/mol. The molecular weight excluding hydrogens is 566 g/mol. The molecule has 2 aliphatic rings. The van der Waals surface area contributed by atoms with Gasteiger partial charge >= 0.3 is 11.9 Å². The number of aromatic nitrogens is 4. The van der Waals surface area contributed by atoms with Crippen LogP contribution < -0.4 is 0 Å². The topological polar surface area (TPSA) is 134 Å². The highest BCUT2D eigenvalue weighted by atomic mass is 16.5. The van der Waals surface area contributed by atoms with Crippen LogP contribution in [0, 0.1) is 25.2 Å². The lowest BCUT2D eigenvalue weighted by molar-refractivity contribution is -0.142. The van der Waals surface area contributed by atoms with Gasteiger partial charge in [0.1, 0.15) is 6.07 Å². The minimum atomic E-state index is -0.662. The Morgan fingerprint density at radius 1 is 0.956 bits per heavy atom. The normalized spacial score (nSPS) is 16.8. The van der Waals surface area contributed by atoms with E-state index in [0.29, 0.717) is 23.2 Å². The monoisotopic (exact) mass is 607 g/mol. The Kier molecular flexibility index (Phi) is 8.70. The van der Waals surface area contributed by atoms with E-state index in [2.05, 4.69) is 42.9 Å². The number of hydrogen-bond acceptors (Lipinski definition) is 7. The fourth-order valence-corrected chi connectivity index (χ4v) is 6.72. The maximum absolute atomic E-state index is 13.2. The Balaban J connectivity index is 2.01. The summed E-state index contributed by atoms with van der Waals surface area (Å²) in [6.45, 7) is 14.1. The van der Waals surface area contributed by atoms with E-state index in [9.17, 15) is 14.9 Å². The van der Waals surface area contributed by atoms with Gasteiger partial charge in [-0.3, -0.25) is 14.6 Å². The molecule has 234 valence electrons. The van der Waals surface area contributed by atoms with Gasteiger partial charge in [0.15, 0.2) is 0 Å². The molecule has 9 heteroatoms. The molecule has 5 heterocycles. The molecule has 3 atom stereocenters. The molecule has 0 amide bonds. The number of rotatable bonds is 6. The van der Waals surface area contributed by atoms with Gasteiger partial charge in [-0.25, -0.2) is 4.98 Å². The summed E-state index contributed by atoms with van der Waals surface area (Å²) in [7, 11) is 2.77. The minimum Gasteiger partial charge on any atom is -0.469 e. The van der Waals surface area contributed by atoms with Crippen LogP contribution in [0.3, 0.4) is 0 Å².